The zero-order chi connectivity index (χ0) is 17.5. The van der Waals surface area contributed by atoms with Gasteiger partial charge in [0.15, 0.2) is 0 Å². The molecular formula is C19H18N2O4. The van der Waals surface area contributed by atoms with Crippen molar-refractivity contribution in [2.24, 2.45) is 0 Å². The van der Waals surface area contributed by atoms with E-state index in [2.05, 4.69) is 10.6 Å². The third kappa shape index (κ3) is 4.86. The SMILES string of the molecule is O=C(NCC(O)c1ccco1)Nc1ccc(Oc2ccccc2)cc1. The van der Waals surface area contributed by atoms with Gasteiger partial charge in [0.05, 0.1) is 12.8 Å². The molecule has 1 unspecified atom stereocenters. The highest BCUT2D eigenvalue weighted by Crippen LogP contribution is 2.22. The number of nitrogens with one attached hydrogen (secondary N) is 2. The summed E-state index contributed by atoms with van der Waals surface area (Å²) in [6.07, 6.45) is 0.583. The monoisotopic (exact) mass is 338 g/mol. The lowest BCUT2D eigenvalue weighted by atomic mass is 10.3. The first-order valence-corrected chi connectivity index (χ1v) is 7.80. The summed E-state index contributed by atoms with van der Waals surface area (Å²) in [5.74, 6) is 1.82. The number of hydrogen-bond acceptors (Lipinski definition) is 4. The number of anilines is 1. The summed E-state index contributed by atoms with van der Waals surface area (Å²) in [5, 5.41) is 15.1. The van der Waals surface area contributed by atoms with Crippen molar-refractivity contribution in [3.63, 3.8) is 0 Å². The molecule has 0 aliphatic rings. The van der Waals surface area contributed by atoms with Crippen LogP contribution >= 0.6 is 0 Å². The third-order valence-corrected chi connectivity index (χ3v) is 3.42. The molecule has 0 saturated carbocycles. The molecule has 0 aliphatic carbocycles. The molecule has 1 atom stereocenters. The average molecular weight is 338 g/mol. The second kappa shape index (κ2) is 8.03. The Hall–Kier alpha value is -3.25. The Morgan fingerprint density at radius 1 is 1.00 bits per heavy atom. The fourth-order valence-corrected chi connectivity index (χ4v) is 2.18. The Balaban J connectivity index is 1.48. The average Bonchev–Trinajstić information content (AvgIpc) is 3.17. The van der Waals surface area contributed by atoms with E-state index in [1.54, 1.807) is 36.4 Å². The van der Waals surface area contributed by atoms with Crippen LogP contribution in [0, 0.1) is 0 Å². The number of carbonyl (C=O) groups is 1. The van der Waals surface area contributed by atoms with Gasteiger partial charge in [-0.25, -0.2) is 4.79 Å². The van der Waals surface area contributed by atoms with Crippen molar-refractivity contribution in [2.75, 3.05) is 11.9 Å². The van der Waals surface area contributed by atoms with Gasteiger partial charge in [-0.3, -0.25) is 0 Å². The Bertz CT molecular complexity index is 786. The first kappa shape index (κ1) is 16.6. The van der Waals surface area contributed by atoms with Crippen molar-refractivity contribution in [1.82, 2.24) is 5.32 Å². The minimum atomic E-state index is -0.887. The minimum absolute atomic E-state index is 0.0501. The van der Waals surface area contributed by atoms with E-state index in [0.29, 0.717) is 17.2 Å². The molecule has 2 aromatic carbocycles. The van der Waals surface area contributed by atoms with Crippen molar-refractivity contribution in [3.05, 3.63) is 78.8 Å². The molecule has 3 aromatic rings. The van der Waals surface area contributed by atoms with Crippen LogP contribution in [0.4, 0.5) is 10.5 Å². The fourth-order valence-electron chi connectivity index (χ4n) is 2.18. The normalized spacial score (nSPS) is 11.6. The molecule has 1 heterocycles. The molecule has 0 bridgehead atoms. The molecule has 0 aliphatic heterocycles. The van der Waals surface area contributed by atoms with Crippen molar-refractivity contribution >= 4 is 11.7 Å². The van der Waals surface area contributed by atoms with Crippen LogP contribution in [0.2, 0.25) is 0 Å². The molecule has 25 heavy (non-hydrogen) atoms. The molecule has 0 saturated heterocycles. The number of carbonyl (C=O) groups excluding carboxylic acids is 1. The second-order valence-electron chi connectivity index (χ2n) is 5.31. The number of aliphatic hydroxyl groups excluding tert-OH is 1. The first-order chi connectivity index (χ1) is 12.2. The lowest BCUT2D eigenvalue weighted by Crippen LogP contribution is -2.32. The van der Waals surface area contributed by atoms with E-state index in [1.165, 1.54) is 6.26 Å². The number of benzene rings is 2. The van der Waals surface area contributed by atoms with Crippen LogP contribution in [0.25, 0.3) is 0 Å². The topological polar surface area (TPSA) is 83.7 Å². The van der Waals surface area contributed by atoms with Gasteiger partial charge < -0.3 is 24.9 Å². The van der Waals surface area contributed by atoms with Crippen LogP contribution in [0.1, 0.15) is 11.9 Å². The van der Waals surface area contributed by atoms with Gasteiger partial charge in [-0.15, -0.1) is 0 Å². The van der Waals surface area contributed by atoms with E-state index in [4.69, 9.17) is 9.15 Å². The van der Waals surface area contributed by atoms with Gasteiger partial charge in [0.1, 0.15) is 23.4 Å². The highest BCUT2D eigenvalue weighted by Gasteiger charge is 2.11. The van der Waals surface area contributed by atoms with Crippen molar-refractivity contribution in [1.29, 1.82) is 0 Å². The number of para-hydroxylation sites is 1. The summed E-state index contributed by atoms with van der Waals surface area (Å²) in [4.78, 5) is 11.9. The van der Waals surface area contributed by atoms with Gasteiger partial charge in [0.25, 0.3) is 0 Å². The molecule has 2 amide bonds. The summed E-state index contributed by atoms with van der Waals surface area (Å²) >= 11 is 0. The van der Waals surface area contributed by atoms with E-state index in [1.807, 2.05) is 30.3 Å². The Kier molecular flexibility index (Phi) is 5.33. The number of aliphatic hydroxyl groups is 1. The van der Waals surface area contributed by atoms with Crippen molar-refractivity contribution < 1.29 is 19.1 Å². The van der Waals surface area contributed by atoms with Crippen LogP contribution < -0.4 is 15.4 Å². The lowest BCUT2D eigenvalue weighted by Gasteiger charge is -2.11. The number of urea groups is 1. The lowest BCUT2D eigenvalue weighted by molar-refractivity contribution is 0.149. The van der Waals surface area contributed by atoms with Gasteiger partial charge >= 0.3 is 6.03 Å². The summed E-state index contributed by atoms with van der Waals surface area (Å²) in [7, 11) is 0. The van der Waals surface area contributed by atoms with Gasteiger partial charge in [-0.05, 0) is 48.5 Å². The summed E-state index contributed by atoms with van der Waals surface area (Å²) < 4.78 is 10.8. The van der Waals surface area contributed by atoms with E-state index in [0.717, 1.165) is 5.75 Å². The number of hydrogen-bond donors (Lipinski definition) is 3. The number of ether oxygens (including phenoxy) is 1. The number of rotatable bonds is 6. The molecule has 3 rings (SSSR count). The Labute approximate surface area is 145 Å². The first-order valence-electron chi connectivity index (χ1n) is 7.80. The molecule has 3 N–H and O–H groups in total. The molecular weight excluding hydrogens is 320 g/mol. The van der Waals surface area contributed by atoms with E-state index in [9.17, 15) is 9.90 Å². The van der Waals surface area contributed by atoms with E-state index >= 15 is 0 Å². The van der Waals surface area contributed by atoms with E-state index in [-0.39, 0.29) is 6.54 Å². The second-order valence-corrected chi connectivity index (χ2v) is 5.31. The number of furan rings is 1. The predicted octanol–water partition coefficient (Wildman–Crippen LogP) is 3.93. The standard InChI is InChI=1S/C19H18N2O4/c22-17(18-7-4-12-24-18)13-20-19(23)21-14-8-10-16(11-9-14)25-15-5-2-1-3-6-15/h1-12,17,22H,13H2,(H2,20,21,23). The molecule has 0 radical (unpaired) electrons. The summed E-state index contributed by atoms with van der Waals surface area (Å²) in [6, 6.07) is 19.4. The highest BCUT2D eigenvalue weighted by atomic mass is 16.5. The van der Waals surface area contributed by atoms with Gasteiger partial charge in [0.2, 0.25) is 0 Å². The zero-order valence-corrected chi connectivity index (χ0v) is 13.4. The Morgan fingerprint density at radius 3 is 2.40 bits per heavy atom. The van der Waals surface area contributed by atoms with Crippen LogP contribution in [-0.4, -0.2) is 17.7 Å². The maximum atomic E-state index is 11.9. The van der Waals surface area contributed by atoms with Crippen molar-refractivity contribution in [2.45, 2.75) is 6.10 Å². The molecule has 6 nitrogen and oxygen atoms in total. The zero-order valence-electron chi connectivity index (χ0n) is 13.4. The molecule has 0 spiro atoms. The Morgan fingerprint density at radius 2 is 1.72 bits per heavy atom. The van der Waals surface area contributed by atoms with Crippen LogP contribution in [-0.2, 0) is 0 Å². The van der Waals surface area contributed by atoms with E-state index < -0.39 is 12.1 Å². The minimum Gasteiger partial charge on any atom is -0.467 e. The molecule has 0 fully saturated rings. The maximum Gasteiger partial charge on any atom is 0.319 e. The third-order valence-electron chi connectivity index (χ3n) is 3.42. The fraction of sp³-hybridized carbons (Fsp3) is 0.105. The van der Waals surface area contributed by atoms with Crippen LogP contribution in [0.3, 0.4) is 0 Å². The predicted molar refractivity (Wildman–Crippen MR) is 93.6 cm³/mol. The summed E-state index contributed by atoms with van der Waals surface area (Å²) in [5.41, 5.74) is 0.616. The molecule has 1 aromatic heterocycles. The van der Waals surface area contributed by atoms with Crippen LogP contribution in [0.5, 0.6) is 11.5 Å². The molecule has 128 valence electrons. The van der Waals surface area contributed by atoms with Crippen LogP contribution in [0.15, 0.2) is 77.4 Å². The van der Waals surface area contributed by atoms with Gasteiger partial charge in [0, 0.05) is 5.69 Å². The van der Waals surface area contributed by atoms with Gasteiger partial charge in [-0.1, -0.05) is 18.2 Å². The largest absolute Gasteiger partial charge is 0.467 e. The molecule has 6 heteroatoms. The quantitative estimate of drug-likeness (QED) is 0.636. The number of amides is 2. The van der Waals surface area contributed by atoms with Gasteiger partial charge in [-0.2, -0.15) is 0 Å². The maximum absolute atomic E-state index is 11.9. The highest BCUT2D eigenvalue weighted by molar-refractivity contribution is 5.89. The van der Waals surface area contributed by atoms with Crippen molar-refractivity contribution in [3.8, 4) is 11.5 Å². The smallest absolute Gasteiger partial charge is 0.319 e. The summed E-state index contributed by atoms with van der Waals surface area (Å²) in [6.45, 7) is 0.0501.